The van der Waals surface area contributed by atoms with Crippen molar-refractivity contribution >= 4 is 11.8 Å². The van der Waals surface area contributed by atoms with Gasteiger partial charge in [0.25, 0.3) is 0 Å². The molecule has 11 nitrogen and oxygen atoms in total. The van der Waals surface area contributed by atoms with Crippen molar-refractivity contribution in [1.29, 1.82) is 0 Å². The van der Waals surface area contributed by atoms with Crippen LogP contribution in [0.4, 0.5) is 0 Å². The summed E-state index contributed by atoms with van der Waals surface area (Å²) >= 11 is 0. The molecule has 0 radical (unpaired) electrons. The van der Waals surface area contributed by atoms with Crippen LogP contribution in [0.3, 0.4) is 0 Å². The molecule has 0 aromatic heterocycles. The summed E-state index contributed by atoms with van der Waals surface area (Å²) in [5.41, 5.74) is 0.941. The SMILES string of the molecule is CCCN(CCC)CC1/C=C(C)/C=C\C(=O)C(C)CC(CCN2CCCCC2)C(O[C@@H]2O[C@H](C)[C@@H](O)[C@H](N(C)C)[C@H]2O)C(C)C(O)CC(=O)OC1CC. The van der Waals surface area contributed by atoms with Crippen LogP contribution in [0, 0.1) is 23.7 Å². The van der Waals surface area contributed by atoms with E-state index < -0.39 is 60.8 Å². The minimum Gasteiger partial charge on any atom is -0.462 e. The van der Waals surface area contributed by atoms with Gasteiger partial charge < -0.3 is 44.2 Å². The van der Waals surface area contributed by atoms with Crippen LogP contribution in [0.25, 0.3) is 0 Å². The average molecular weight is 750 g/mol. The van der Waals surface area contributed by atoms with E-state index in [1.165, 1.54) is 6.42 Å². The van der Waals surface area contributed by atoms with E-state index in [0.29, 0.717) is 19.3 Å². The summed E-state index contributed by atoms with van der Waals surface area (Å²) in [7, 11) is 3.60. The van der Waals surface area contributed by atoms with Crippen molar-refractivity contribution in [1.82, 2.24) is 14.7 Å². The standard InChI is InChI=1S/C42H75N3O8/c1-10-19-45(20-11-2)27-33-24-28(4)16-17-34(46)29(5)25-32(18-23-44-21-14-13-15-22-44)41(30(6)35(47)26-37(48)52-36(33)12-3)53-42-40(50)38(43(8)9)39(49)31(7)51-42/h16-17,24,29-33,35-36,38-42,47,49-50H,10-15,18-23,25-27H2,1-9H3/b17-16-,28-24+/t29?,30?,31-,32?,33?,35?,36?,38+,39-,40-,41?,42+/m1/s1. The van der Waals surface area contributed by atoms with E-state index in [-0.39, 0.29) is 30.0 Å². The van der Waals surface area contributed by atoms with Gasteiger partial charge in [0.1, 0.15) is 12.2 Å². The smallest absolute Gasteiger partial charge is 0.308 e. The second-order valence-electron chi connectivity index (χ2n) is 16.5. The fourth-order valence-electron chi connectivity index (χ4n) is 8.61. The van der Waals surface area contributed by atoms with Crippen molar-refractivity contribution in [3.8, 4) is 0 Å². The molecule has 0 aliphatic carbocycles. The lowest BCUT2D eigenvalue weighted by Crippen LogP contribution is -2.63. The van der Waals surface area contributed by atoms with Crippen molar-refractivity contribution in [3.05, 3.63) is 23.8 Å². The molecule has 3 aliphatic rings. The Kier molecular flexibility index (Phi) is 19.6. The molecule has 12 atom stereocenters. The van der Waals surface area contributed by atoms with Gasteiger partial charge in [-0.1, -0.05) is 58.8 Å². The van der Waals surface area contributed by atoms with Crippen LogP contribution in [0.1, 0.15) is 106 Å². The molecule has 3 heterocycles. The maximum Gasteiger partial charge on any atom is 0.308 e. The van der Waals surface area contributed by atoms with E-state index in [0.717, 1.165) is 70.5 Å². The highest BCUT2D eigenvalue weighted by Gasteiger charge is 2.47. The highest BCUT2D eigenvalue weighted by molar-refractivity contribution is 5.91. The van der Waals surface area contributed by atoms with Gasteiger partial charge in [0, 0.05) is 24.3 Å². The molecule has 0 amide bonds. The van der Waals surface area contributed by atoms with Gasteiger partial charge >= 0.3 is 5.97 Å². The highest BCUT2D eigenvalue weighted by Crippen LogP contribution is 2.35. The van der Waals surface area contributed by atoms with Crippen LogP contribution in [-0.4, -0.2) is 144 Å². The minimum atomic E-state index is -1.17. The van der Waals surface area contributed by atoms with E-state index in [2.05, 4.69) is 29.7 Å². The zero-order valence-corrected chi connectivity index (χ0v) is 34.5. The first-order valence-corrected chi connectivity index (χ1v) is 20.8. The second-order valence-corrected chi connectivity index (χ2v) is 16.5. The lowest BCUT2D eigenvalue weighted by Gasteiger charge is -2.47. The average Bonchev–Trinajstić information content (AvgIpc) is 3.11. The maximum atomic E-state index is 13.8. The molecule has 53 heavy (non-hydrogen) atoms. The monoisotopic (exact) mass is 750 g/mol. The van der Waals surface area contributed by atoms with Gasteiger partial charge in [-0.2, -0.15) is 0 Å². The summed E-state index contributed by atoms with van der Waals surface area (Å²) in [6.07, 6.45) is 6.86. The first-order valence-electron chi connectivity index (χ1n) is 20.8. The summed E-state index contributed by atoms with van der Waals surface area (Å²) in [6, 6.07) is -0.636. The molecule has 11 heteroatoms. The number of esters is 1. The molecule has 3 aliphatic heterocycles. The molecule has 0 spiro atoms. The van der Waals surface area contributed by atoms with Crippen molar-refractivity contribution in [2.45, 2.75) is 155 Å². The Labute approximate surface area is 321 Å². The lowest BCUT2D eigenvalue weighted by molar-refractivity contribution is -0.304. The molecular formula is C42H75N3O8. The van der Waals surface area contributed by atoms with Crippen LogP contribution in [0.15, 0.2) is 23.8 Å². The molecule has 2 fully saturated rings. The Balaban J connectivity index is 2.04. The number of carbonyl (C=O) groups excluding carboxylic acids is 2. The number of hydrogen-bond acceptors (Lipinski definition) is 11. The summed E-state index contributed by atoms with van der Waals surface area (Å²) in [4.78, 5) is 34.1. The largest absolute Gasteiger partial charge is 0.462 e. The highest BCUT2D eigenvalue weighted by atomic mass is 16.7. The molecule has 306 valence electrons. The zero-order valence-electron chi connectivity index (χ0n) is 34.5. The number of hydrogen-bond donors (Lipinski definition) is 3. The first kappa shape index (κ1) is 45.7. The summed E-state index contributed by atoms with van der Waals surface area (Å²) < 4.78 is 19.1. The number of aliphatic hydroxyl groups is 3. The van der Waals surface area contributed by atoms with Gasteiger partial charge in [-0.05, 0) is 118 Å². The Morgan fingerprint density at radius 3 is 2.21 bits per heavy atom. The molecule has 0 aromatic carbocycles. The first-order chi connectivity index (χ1) is 25.2. The predicted molar refractivity (Wildman–Crippen MR) is 209 cm³/mol. The number of rotatable bonds is 13. The number of ether oxygens (including phenoxy) is 3. The number of piperidine rings is 1. The fourth-order valence-corrected chi connectivity index (χ4v) is 8.61. The van der Waals surface area contributed by atoms with Gasteiger partial charge in [-0.25, -0.2) is 0 Å². The zero-order chi connectivity index (χ0) is 39.2. The Morgan fingerprint density at radius 1 is 0.943 bits per heavy atom. The van der Waals surface area contributed by atoms with E-state index in [4.69, 9.17) is 14.2 Å². The van der Waals surface area contributed by atoms with E-state index in [9.17, 15) is 24.9 Å². The van der Waals surface area contributed by atoms with Crippen molar-refractivity contribution in [2.24, 2.45) is 23.7 Å². The number of allylic oxidation sites excluding steroid dienone is 3. The van der Waals surface area contributed by atoms with Crippen LogP contribution >= 0.6 is 0 Å². The topological polar surface area (TPSA) is 132 Å². The molecule has 7 unspecified atom stereocenters. The predicted octanol–water partition coefficient (Wildman–Crippen LogP) is 4.82. The normalized spacial score (nSPS) is 37.7. The van der Waals surface area contributed by atoms with Crippen LogP contribution in [0.5, 0.6) is 0 Å². The Morgan fingerprint density at radius 2 is 1.60 bits per heavy atom. The number of ketones is 1. The third-order valence-electron chi connectivity index (χ3n) is 11.8. The quantitative estimate of drug-likeness (QED) is 0.224. The van der Waals surface area contributed by atoms with Gasteiger partial charge in [0.15, 0.2) is 12.1 Å². The van der Waals surface area contributed by atoms with Crippen molar-refractivity contribution in [3.63, 3.8) is 0 Å². The van der Waals surface area contributed by atoms with Crippen LogP contribution in [-0.2, 0) is 23.8 Å². The summed E-state index contributed by atoms with van der Waals surface area (Å²) in [6.45, 7) is 19.4. The number of cyclic esters (lactones) is 1. The van der Waals surface area contributed by atoms with E-state index in [1.807, 2.05) is 33.8 Å². The third kappa shape index (κ3) is 13.8. The molecule has 0 bridgehead atoms. The van der Waals surface area contributed by atoms with Gasteiger partial charge in [-0.15, -0.1) is 0 Å². The summed E-state index contributed by atoms with van der Waals surface area (Å²) in [5, 5.41) is 34.3. The molecule has 3 rings (SSSR count). The molecule has 0 saturated carbocycles. The van der Waals surface area contributed by atoms with Crippen LogP contribution in [0.2, 0.25) is 0 Å². The summed E-state index contributed by atoms with van der Waals surface area (Å²) in [5.74, 6) is -1.65. The molecule has 0 aromatic rings. The van der Waals surface area contributed by atoms with Gasteiger partial charge in [-0.3, -0.25) is 9.59 Å². The number of carbonyl (C=O) groups is 2. The number of nitrogens with zero attached hydrogens (tertiary/aromatic N) is 3. The number of likely N-dealkylation sites (N-methyl/N-ethyl adjacent to an activating group) is 1. The second kappa shape index (κ2) is 22.8. The minimum absolute atomic E-state index is 0.0201. The van der Waals surface area contributed by atoms with E-state index in [1.54, 1.807) is 32.0 Å². The molecular weight excluding hydrogens is 674 g/mol. The van der Waals surface area contributed by atoms with Crippen molar-refractivity contribution in [2.75, 3.05) is 53.4 Å². The van der Waals surface area contributed by atoms with Gasteiger partial charge in [0.2, 0.25) is 0 Å². The van der Waals surface area contributed by atoms with E-state index >= 15 is 0 Å². The number of aliphatic hydroxyl groups excluding tert-OH is 3. The van der Waals surface area contributed by atoms with Crippen molar-refractivity contribution < 1.29 is 39.1 Å². The number of likely N-dealkylation sites (tertiary alicyclic amines) is 1. The molecule has 3 N–H and O–H groups in total. The molecule has 2 saturated heterocycles. The Hall–Kier alpha value is -1.70. The lowest BCUT2D eigenvalue weighted by atomic mass is 9.79. The fraction of sp³-hybridized carbons (Fsp3) is 0.857. The maximum absolute atomic E-state index is 13.8. The Bertz CT molecular complexity index is 1150. The van der Waals surface area contributed by atoms with Crippen LogP contribution < -0.4 is 0 Å². The third-order valence-corrected chi connectivity index (χ3v) is 11.8. The van der Waals surface area contributed by atoms with Gasteiger partial charge in [0.05, 0.1) is 36.9 Å².